The summed E-state index contributed by atoms with van der Waals surface area (Å²) in [5.41, 5.74) is 0.0923. The van der Waals surface area contributed by atoms with E-state index in [-0.39, 0.29) is 35.5 Å². The lowest BCUT2D eigenvalue weighted by Gasteiger charge is -2.25. The maximum absolute atomic E-state index is 12.1. The van der Waals surface area contributed by atoms with E-state index in [0.717, 1.165) is 0 Å². The topological polar surface area (TPSA) is 100 Å². The third-order valence-electron chi connectivity index (χ3n) is 3.28. The lowest BCUT2D eigenvalue weighted by atomic mass is 10.4. The molecule has 128 valence electrons. The van der Waals surface area contributed by atoms with Gasteiger partial charge in [0.15, 0.2) is 21.3 Å². The highest BCUT2D eigenvalue weighted by atomic mass is 35.5. The monoisotopic (exact) mass is 371 g/mol. The van der Waals surface area contributed by atoms with Crippen molar-refractivity contribution < 1.29 is 22.7 Å². The summed E-state index contributed by atoms with van der Waals surface area (Å²) in [6.45, 7) is 1.88. The first-order valence-electron chi connectivity index (χ1n) is 7.15. The summed E-state index contributed by atoms with van der Waals surface area (Å²) in [5.74, 6) is -0.390. The number of ether oxygens (including phenoxy) is 2. The molecule has 3 rings (SSSR count). The highest BCUT2D eigenvalue weighted by molar-refractivity contribution is 7.92. The number of aromatic nitrogens is 3. The maximum atomic E-state index is 12.1. The molecule has 24 heavy (non-hydrogen) atoms. The number of carbonyl (C=O) groups excluding carboxylic acids is 1. The summed E-state index contributed by atoms with van der Waals surface area (Å²) in [7, 11) is -3.02. The summed E-state index contributed by atoms with van der Waals surface area (Å²) in [6, 6.07) is 4.64. The zero-order valence-corrected chi connectivity index (χ0v) is 14.2. The molecule has 8 nitrogen and oxygen atoms in total. The highest BCUT2D eigenvalue weighted by Gasteiger charge is 2.36. The molecule has 1 aliphatic heterocycles. The van der Waals surface area contributed by atoms with Gasteiger partial charge in [0.2, 0.25) is 5.88 Å². The van der Waals surface area contributed by atoms with Crippen LogP contribution in [0.3, 0.4) is 0 Å². The van der Waals surface area contributed by atoms with Crippen LogP contribution in [-0.4, -0.2) is 53.4 Å². The molecule has 0 amide bonds. The number of hydrogen-bond acceptors (Lipinski definition) is 7. The Morgan fingerprint density at radius 3 is 2.83 bits per heavy atom. The molecule has 0 radical (unpaired) electrons. The van der Waals surface area contributed by atoms with Gasteiger partial charge in [0.05, 0.1) is 23.1 Å². The lowest BCUT2D eigenvalue weighted by molar-refractivity contribution is 0.0515. The van der Waals surface area contributed by atoms with E-state index in [1.54, 1.807) is 19.1 Å². The fourth-order valence-corrected chi connectivity index (χ4v) is 3.59. The second-order valence-corrected chi connectivity index (χ2v) is 7.69. The van der Waals surface area contributed by atoms with Gasteiger partial charge >= 0.3 is 5.97 Å². The van der Waals surface area contributed by atoms with Gasteiger partial charge in [-0.25, -0.2) is 22.9 Å². The molecule has 0 bridgehead atoms. The van der Waals surface area contributed by atoms with Crippen LogP contribution in [0.15, 0.2) is 24.4 Å². The summed E-state index contributed by atoms with van der Waals surface area (Å²) in [6.07, 6.45) is 1.03. The minimum absolute atomic E-state index is 0.0705. The number of carbonyl (C=O) groups is 1. The van der Waals surface area contributed by atoms with Crippen molar-refractivity contribution >= 4 is 27.4 Å². The number of nitrogens with zero attached hydrogens (tertiary/aromatic N) is 3. The smallest absolute Gasteiger partial charge is 0.357 e. The molecule has 1 aliphatic rings. The van der Waals surface area contributed by atoms with Crippen molar-refractivity contribution in [2.75, 3.05) is 18.1 Å². The van der Waals surface area contributed by atoms with Gasteiger partial charge in [-0.05, 0) is 19.1 Å². The van der Waals surface area contributed by atoms with Crippen LogP contribution >= 0.6 is 11.6 Å². The van der Waals surface area contributed by atoms with Crippen LogP contribution in [0.2, 0.25) is 5.02 Å². The molecule has 2 aromatic heterocycles. The SMILES string of the molecule is CCOC(=O)c1cc(OC2CS(=O)(=O)C2)nn1-c1ncccc1Cl. The molecule has 0 atom stereocenters. The van der Waals surface area contributed by atoms with E-state index in [4.69, 9.17) is 21.1 Å². The summed E-state index contributed by atoms with van der Waals surface area (Å²) < 4.78 is 34.2. The van der Waals surface area contributed by atoms with Crippen LogP contribution in [0.4, 0.5) is 0 Å². The number of halogens is 1. The highest BCUT2D eigenvalue weighted by Crippen LogP contribution is 2.24. The van der Waals surface area contributed by atoms with Crippen molar-refractivity contribution in [3.8, 4) is 11.7 Å². The van der Waals surface area contributed by atoms with E-state index >= 15 is 0 Å². The number of pyridine rings is 1. The zero-order chi connectivity index (χ0) is 17.3. The minimum atomic E-state index is -3.02. The van der Waals surface area contributed by atoms with E-state index < -0.39 is 21.9 Å². The van der Waals surface area contributed by atoms with Gasteiger partial charge in [-0.1, -0.05) is 11.6 Å². The standard InChI is InChI=1S/C14H14ClN3O5S/c1-2-22-14(19)11-6-12(23-9-7-24(20,21)8-9)17-18(11)13-10(15)4-3-5-16-13/h3-6,9H,2,7-8H2,1H3. The lowest BCUT2D eigenvalue weighted by Crippen LogP contribution is -2.45. The number of hydrogen-bond donors (Lipinski definition) is 0. The van der Waals surface area contributed by atoms with Gasteiger partial charge in [0, 0.05) is 12.3 Å². The molecule has 0 unspecified atom stereocenters. The van der Waals surface area contributed by atoms with Crippen molar-refractivity contribution in [2.24, 2.45) is 0 Å². The fourth-order valence-electron chi connectivity index (χ4n) is 2.22. The van der Waals surface area contributed by atoms with E-state index in [2.05, 4.69) is 10.1 Å². The van der Waals surface area contributed by atoms with Crippen LogP contribution in [0, 0.1) is 0 Å². The summed E-state index contributed by atoms with van der Waals surface area (Å²) in [4.78, 5) is 16.2. The van der Waals surface area contributed by atoms with E-state index in [0.29, 0.717) is 5.02 Å². The van der Waals surface area contributed by atoms with Crippen molar-refractivity contribution in [3.63, 3.8) is 0 Å². The third kappa shape index (κ3) is 3.36. The van der Waals surface area contributed by atoms with Gasteiger partial charge < -0.3 is 9.47 Å². The van der Waals surface area contributed by atoms with Gasteiger partial charge in [0.25, 0.3) is 0 Å². The van der Waals surface area contributed by atoms with Gasteiger partial charge in [-0.2, -0.15) is 0 Å². The molecule has 0 saturated carbocycles. The molecule has 0 aliphatic carbocycles. The summed E-state index contributed by atoms with van der Waals surface area (Å²) >= 11 is 6.11. The molecular weight excluding hydrogens is 358 g/mol. The second kappa shape index (κ2) is 6.40. The summed E-state index contributed by atoms with van der Waals surface area (Å²) in [5, 5.41) is 4.46. The van der Waals surface area contributed by atoms with Crippen LogP contribution in [0.1, 0.15) is 17.4 Å². The van der Waals surface area contributed by atoms with Crippen molar-refractivity contribution in [1.82, 2.24) is 14.8 Å². The van der Waals surface area contributed by atoms with E-state index in [9.17, 15) is 13.2 Å². The number of rotatable bonds is 5. The van der Waals surface area contributed by atoms with Gasteiger partial charge in [0.1, 0.15) is 6.10 Å². The molecular formula is C14H14ClN3O5S. The van der Waals surface area contributed by atoms with E-state index in [1.165, 1.54) is 16.9 Å². The predicted octanol–water partition coefficient (Wildman–Crippen LogP) is 1.27. The second-order valence-electron chi connectivity index (χ2n) is 5.13. The van der Waals surface area contributed by atoms with Crippen molar-refractivity contribution in [2.45, 2.75) is 13.0 Å². The van der Waals surface area contributed by atoms with Crippen LogP contribution in [0.25, 0.3) is 5.82 Å². The minimum Gasteiger partial charge on any atom is -0.471 e. The zero-order valence-electron chi connectivity index (χ0n) is 12.7. The molecule has 1 saturated heterocycles. The van der Waals surface area contributed by atoms with E-state index in [1.807, 2.05) is 0 Å². The Morgan fingerprint density at radius 1 is 1.46 bits per heavy atom. The molecule has 0 aromatic carbocycles. The third-order valence-corrected chi connectivity index (χ3v) is 5.33. The quantitative estimate of drug-likeness (QED) is 0.729. The number of esters is 1. The Kier molecular flexibility index (Phi) is 4.46. The van der Waals surface area contributed by atoms with Crippen LogP contribution in [-0.2, 0) is 14.6 Å². The average molecular weight is 372 g/mol. The Morgan fingerprint density at radius 2 is 2.21 bits per heavy atom. The van der Waals surface area contributed by atoms with Crippen molar-refractivity contribution in [1.29, 1.82) is 0 Å². The van der Waals surface area contributed by atoms with Crippen LogP contribution < -0.4 is 4.74 Å². The average Bonchev–Trinajstić information content (AvgIpc) is 2.90. The van der Waals surface area contributed by atoms with Gasteiger partial charge in [-0.15, -0.1) is 5.10 Å². The molecule has 0 N–H and O–H groups in total. The normalized spacial score (nSPS) is 16.4. The Bertz CT molecular complexity index is 868. The molecule has 3 heterocycles. The van der Waals surface area contributed by atoms with Crippen LogP contribution in [0.5, 0.6) is 5.88 Å². The van der Waals surface area contributed by atoms with Gasteiger partial charge in [-0.3, -0.25) is 0 Å². The first-order valence-corrected chi connectivity index (χ1v) is 9.34. The van der Waals surface area contributed by atoms with Crippen molar-refractivity contribution in [3.05, 3.63) is 35.1 Å². The number of sulfone groups is 1. The first kappa shape index (κ1) is 16.7. The Hall–Kier alpha value is -2.13. The molecule has 2 aromatic rings. The first-order chi connectivity index (χ1) is 11.4. The Labute approximate surface area is 143 Å². The Balaban J connectivity index is 1.94. The largest absolute Gasteiger partial charge is 0.471 e. The fraction of sp³-hybridized carbons (Fsp3) is 0.357. The molecule has 10 heteroatoms. The molecule has 0 spiro atoms. The predicted molar refractivity (Wildman–Crippen MR) is 85.4 cm³/mol. The molecule has 1 fully saturated rings. The maximum Gasteiger partial charge on any atom is 0.357 e.